The summed E-state index contributed by atoms with van der Waals surface area (Å²) in [7, 11) is 0. The monoisotopic (exact) mass is 201 g/mol. The number of unbranched alkanes of at least 4 members (excludes halogenated alkanes) is 6. The van der Waals surface area contributed by atoms with Gasteiger partial charge in [-0.25, -0.2) is 0 Å². The minimum Gasteiger partial charge on any atom is -0.387 e. The van der Waals surface area contributed by atoms with Gasteiger partial charge < -0.3 is 10.4 Å². The van der Waals surface area contributed by atoms with Crippen molar-refractivity contribution in [2.45, 2.75) is 51.9 Å². The molecule has 84 valence electrons. The molecule has 0 aliphatic rings. The van der Waals surface area contributed by atoms with Crippen LogP contribution in [0.3, 0.4) is 0 Å². The van der Waals surface area contributed by atoms with E-state index in [0.717, 1.165) is 6.42 Å². The van der Waals surface area contributed by atoms with Crippen LogP contribution in [0.4, 0.5) is 0 Å². The second-order valence-electron chi connectivity index (χ2n) is 3.63. The van der Waals surface area contributed by atoms with Gasteiger partial charge in [-0.15, -0.1) is 0 Å². The van der Waals surface area contributed by atoms with Gasteiger partial charge in [0.1, 0.15) is 6.61 Å². The summed E-state index contributed by atoms with van der Waals surface area (Å²) in [6.07, 6.45) is 8.72. The molecule has 0 aromatic rings. The first-order valence-corrected chi connectivity index (χ1v) is 5.68. The van der Waals surface area contributed by atoms with Gasteiger partial charge in [0.05, 0.1) is 0 Å². The maximum atomic E-state index is 10.6. The molecule has 0 radical (unpaired) electrons. The number of hydrogen-bond donors (Lipinski definition) is 2. The number of amides is 1. The summed E-state index contributed by atoms with van der Waals surface area (Å²) >= 11 is 0. The number of hydrogen-bond acceptors (Lipinski definition) is 2. The highest BCUT2D eigenvalue weighted by Crippen LogP contribution is 2.05. The molecule has 0 aromatic heterocycles. The standard InChI is InChI=1S/C11H23NO2/c1-2-3-4-5-6-7-8-9-12-11(14)10-13/h13H,2-10H2,1H3,(H,12,14). The van der Waals surface area contributed by atoms with Crippen LogP contribution in [0.2, 0.25) is 0 Å². The Bertz CT molecular complexity index is 137. The number of rotatable bonds is 9. The fraction of sp³-hybridized carbons (Fsp3) is 0.909. The van der Waals surface area contributed by atoms with E-state index < -0.39 is 6.61 Å². The maximum absolute atomic E-state index is 10.6. The number of nitrogens with one attached hydrogen (secondary N) is 1. The smallest absolute Gasteiger partial charge is 0.245 e. The van der Waals surface area contributed by atoms with E-state index in [2.05, 4.69) is 12.2 Å². The highest BCUT2D eigenvalue weighted by molar-refractivity contribution is 5.76. The van der Waals surface area contributed by atoms with E-state index in [1.165, 1.54) is 38.5 Å². The molecule has 0 aliphatic carbocycles. The van der Waals surface area contributed by atoms with E-state index in [9.17, 15) is 4.79 Å². The van der Waals surface area contributed by atoms with Crippen LogP contribution in [0.1, 0.15) is 51.9 Å². The van der Waals surface area contributed by atoms with Gasteiger partial charge in [-0.1, -0.05) is 45.4 Å². The van der Waals surface area contributed by atoms with Gasteiger partial charge in [0, 0.05) is 6.54 Å². The van der Waals surface area contributed by atoms with E-state index in [0.29, 0.717) is 6.54 Å². The molecule has 0 unspecified atom stereocenters. The van der Waals surface area contributed by atoms with Crippen molar-refractivity contribution in [3.05, 3.63) is 0 Å². The van der Waals surface area contributed by atoms with Crippen molar-refractivity contribution in [2.75, 3.05) is 13.2 Å². The van der Waals surface area contributed by atoms with E-state index in [-0.39, 0.29) is 5.91 Å². The van der Waals surface area contributed by atoms with Crippen LogP contribution in [0.15, 0.2) is 0 Å². The Morgan fingerprint density at radius 2 is 1.64 bits per heavy atom. The summed E-state index contributed by atoms with van der Waals surface area (Å²) in [4.78, 5) is 10.6. The average Bonchev–Trinajstić information content (AvgIpc) is 2.21. The summed E-state index contributed by atoms with van der Waals surface area (Å²) in [6, 6.07) is 0. The first-order chi connectivity index (χ1) is 6.81. The zero-order valence-electron chi connectivity index (χ0n) is 9.22. The molecule has 0 saturated carbocycles. The summed E-state index contributed by atoms with van der Waals surface area (Å²) in [6.45, 7) is 2.52. The molecule has 1 amide bonds. The lowest BCUT2D eigenvalue weighted by molar-refractivity contribution is -0.123. The van der Waals surface area contributed by atoms with Crippen LogP contribution < -0.4 is 5.32 Å². The second-order valence-corrected chi connectivity index (χ2v) is 3.63. The number of carbonyl (C=O) groups is 1. The number of carbonyl (C=O) groups excluding carboxylic acids is 1. The molecule has 0 saturated heterocycles. The molecule has 0 heterocycles. The molecule has 2 N–H and O–H groups in total. The van der Waals surface area contributed by atoms with Crippen molar-refractivity contribution in [3.8, 4) is 0 Å². The van der Waals surface area contributed by atoms with Crippen LogP contribution >= 0.6 is 0 Å². The molecular formula is C11H23NO2. The molecule has 0 spiro atoms. The predicted molar refractivity (Wildman–Crippen MR) is 58.1 cm³/mol. The largest absolute Gasteiger partial charge is 0.387 e. The fourth-order valence-electron chi connectivity index (χ4n) is 1.37. The minimum atomic E-state index is -0.392. The van der Waals surface area contributed by atoms with E-state index in [1.807, 2.05) is 0 Å². The van der Waals surface area contributed by atoms with E-state index >= 15 is 0 Å². The van der Waals surface area contributed by atoms with Crippen molar-refractivity contribution in [3.63, 3.8) is 0 Å². The molecule has 0 aromatic carbocycles. The van der Waals surface area contributed by atoms with Gasteiger partial charge >= 0.3 is 0 Å². The predicted octanol–water partition coefficient (Wildman–Crippen LogP) is 1.85. The summed E-state index contributed by atoms with van der Waals surface area (Å²) < 4.78 is 0. The van der Waals surface area contributed by atoms with Crippen LogP contribution in [0.5, 0.6) is 0 Å². The number of aliphatic hydroxyl groups is 1. The lowest BCUT2D eigenvalue weighted by Gasteiger charge is -2.02. The molecule has 0 bridgehead atoms. The van der Waals surface area contributed by atoms with Crippen molar-refractivity contribution in [1.82, 2.24) is 5.32 Å². The Labute approximate surface area is 86.9 Å². The van der Waals surface area contributed by atoms with Gasteiger partial charge in [0.25, 0.3) is 0 Å². The quantitative estimate of drug-likeness (QED) is 0.559. The van der Waals surface area contributed by atoms with Crippen LogP contribution in [-0.2, 0) is 4.79 Å². The maximum Gasteiger partial charge on any atom is 0.245 e. The zero-order valence-corrected chi connectivity index (χ0v) is 9.22. The fourth-order valence-corrected chi connectivity index (χ4v) is 1.37. The Kier molecular flexibility index (Phi) is 10.1. The van der Waals surface area contributed by atoms with Crippen molar-refractivity contribution < 1.29 is 9.90 Å². The third-order valence-electron chi connectivity index (χ3n) is 2.25. The molecule has 0 fully saturated rings. The van der Waals surface area contributed by atoms with Gasteiger partial charge in [-0.2, -0.15) is 0 Å². The third kappa shape index (κ3) is 9.52. The van der Waals surface area contributed by atoms with E-state index in [4.69, 9.17) is 5.11 Å². The molecule has 3 heteroatoms. The Hall–Kier alpha value is -0.570. The Morgan fingerprint density at radius 3 is 2.21 bits per heavy atom. The highest BCUT2D eigenvalue weighted by Gasteiger charge is 1.95. The highest BCUT2D eigenvalue weighted by atomic mass is 16.3. The van der Waals surface area contributed by atoms with Crippen LogP contribution in [-0.4, -0.2) is 24.2 Å². The van der Waals surface area contributed by atoms with Crippen molar-refractivity contribution >= 4 is 5.91 Å². The molecular weight excluding hydrogens is 178 g/mol. The molecule has 0 aliphatic heterocycles. The van der Waals surface area contributed by atoms with Gasteiger partial charge in [0.15, 0.2) is 0 Å². The van der Waals surface area contributed by atoms with Crippen molar-refractivity contribution in [2.24, 2.45) is 0 Å². The SMILES string of the molecule is CCCCCCCCCNC(=O)CO. The van der Waals surface area contributed by atoms with Crippen LogP contribution in [0.25, 0.3) is 0 Å². The van der Waals surface area contributed by atoms with E-state index in [1.54, 1.807) is 0 Å². The lowest BCUT2D eigenvalue weighted by Crippen LogP contribution is -2.26. The second kappa shape index (κ2) is 10.5. The Morgan fingerprint density at radius 1 is 1.07 bits per heavy atom. The first-order valence-electron chi connectivity index (χ1n) is 5.68. The lowest BCUT2D eigenvalue weighted by atomic mass is 10.1. The van der Waals surface area contributed by atoms with Gasteiger partial charge in [-0.3, -0.25) is 4.79 Å². The molecule has 14 heavy (non-hydrogen) atoms. The Balaban J connectivity index is 2.95. The number of aliphatic hydroxyl groups excluding tert-OH is 1. The summed E-state index contributed by atoms with van der Waals surface area (Å²) in [5.41, 5.74) is 0. The van der Waals surface area contributed by atoms with Gasteiger partial charge in [-0.05, 0) is 6.42 Å². The molecule has 3 nitrogen and oxygen atoms in total. The first kappa shape index (κ1) is 13.4. The summed E-state index contributed by atoms with van der Waals surface area (Å²) in [5.74, 6) is -0.268. The molecule has 0 rings (SSSR count). The normalized spacial score (nSPS) is 10.1. The topological polar surface area (TPSA) is 49.3 Å². The zero-order chi connectivity index (χ0) is 10.6. The summed E-state index contributed by atoms with van der Waals surface area (Å²) in [5, 5.41) is 11.1. The minimum absolute atomic E-state index is 0.268. The van der Waals surface area contributed by atoms with Crippen molar-refractivity contribution in [1.29, 1.82) is 0 Å². The van der Waals surface area contributed by atoms with Crippen LogP contribution in [0, 0.1) is 0 Å². The molecule has 0 atom stereocenters. The third-order valence-corrected chi connectivity index (χ3v) is 2.25. The average molecular weight is 201 g/mol. The van der Waals surface area contributed by atoms with Gasteiger partial charge in [0.2, 0.25) is 5.91 Å².